The van der Waals surface area contributed by atoms with Crippen molar-refractivity contribution in [1.82, 2.24) is 9.62 Å². The van der Waals surface area contributed by atoms with E-state index >= 15 is 0 Å². The first-order chi connectivity index (χ1) is 18.5. The molecule has 0 saturated carbocycles. The molecule has 0 spiro atoms. The van der Waals surface area contributed by atoms with E-state index in [-0.39, 0.29) is 22.2 Å². The molecule has 3 aromatic carbocycles. The summed E-state index contributed by atoms with van der Waals surface area (Å²) in [5.74, 6) is -0.316. The summed E-state index contributed by atoms with van der Waals surface area (Å²) < 4.78 is 51.4. The number of hydrogen-bond acceptors (Lipinski definition) is 6. The van der Waals surface area contributed by atoms with Crippen molar-refractivity contribution in [3.63, 3.8) is 0 Å². The summed E-state index contributed by atoms with van der Waals surface area (Å²) in [6, 6.07) is 20.3. The maximum Gasteiger partial charge on any atom is 0.250 e. The molecule has 1 aliphatic rings. The number of rotatable bonds is 10. The van der Waals surface area contributed by atoms with Crippen molar-refractivity contribution in [2.24, 2.45) is 0 Å². The van der Waals surface area contributed by atoms with Crippen LogP contribution in [-0.2, 0) is 37.7 Å². The monoisotopic (exact) mass is 567 g/mol. The van der Waals surface area contributed by atoms with E-state index in [1.165, 1.54) is 53.6 Å². The van der Waals surface area contributed by atoms with E-state index in [1.54, 1.807) is 37.4 Å². The molecule has 0 radical (unpaired) electrons. The fourth-order valence-electron chi connectivity index (χ4n) is 4.30. The van der Waals surface area contributed by atoms with Gasteiger partial charge in [0, 0.05) is 38.2 Å². The Bertz CT molecular complexity index is 1530. The third kappa shape index (κ3) is 7.86. The lowest BCUT2D eigenvalue weighted by Gasteiger charge is -2.16. The normalized spacial score (nSPS) is 14.6. The molecule has 1 saturated heterocycles. The summed E-state index contributed by atoms with van der Waals surface area (Å²) in [7, 11) is -5.42. The van der Waals surface area contributed by atoms with E-state index in [0.29, 0.717) is 11.3 Å². The first kappa shape index (κ1) is 28.7. The fourth-order valence-corrected chi connectivity index (χ4v) is 5.95. The van der Waals surface area contributed by atoms with Gasteiger partial charge in [-0.25, -0.2) is 21.6 Å². The number of nitrogens with zero attached hydrogens (tertiary/aromatic N) is 2. The maximum absolute atomic E-state index is 12.8. The minimum Gasteiger partial charge on any atom is -0.312 e. The molecule has 1 N–H and O–H groups in total. The summed E-state index contributed by atoms with van der Waals surface area (Å²) >= 11 is 0. The standard InChI is InChI=1S/C29H33N3O5S2/c1-31(29(33)18-11-23-9-14-27(15-10-23)38(2,34)35)26-12-16-28(17-13-26)39(36,37)30-21-24-5-7-25(8-6-24)22-32-19-3-4-20-32/h5-18,30H,3-4,19-22H2,1-2H3. The number of carbonyl (C=O) groups excluding carboxylic acids is 1. The molecular weight excluding hydrogens is 534 g/mol. The third-order valence-electron chi connectivity index (χ3n) is 6.69. The topological polar surface area (TPSA) is 104 Å². The van der Waals surface area contributed by atoms with Crippen LogP contribution in [0.4, 0.5) is 5.69 Å². The molecule has 206 valence electrons. The van der Waals surface area contributed by atoms with Crippen LogP contribution in [0.1, 0.15) is 29.5 Å². The highest BCUT2D eigenvalue weighted by Gasteiger charge is 2.16. The van der Waals surface area contributed by atoms with Crippen molar-refractivity contribution >= 4 is 37.5 Å². The molecule has 4 rings (SSSR count). The lowest BCUT2D eigenvalue weighted by Crippen LogP contribution is -2.25. The smallest absolute Gasteiger partial charge is 0.250 e. The molecule has 1 heterocycles. The highest BCUT2D eigenvalue weighted by molar-refractivity contribution is 7.90. The quantitative estimate of drug-likeness (QED) is 0.374. The predicted molar refractivity (Wildman–Crippen MR) is 153 cm³/mol. The van der Waals surface area contributed by atoms with Gasteiger partial charge in [-0.1, -0.05) is 36.4 Å². The second-order valence-corrected chi connectivity index (χ2v) is 13.5. The molecular formula is C29H33N3O5S2. The van der Waals surface area contributed by atoms with E-state index in [2.05, 4.69) is 9.62 Å². The Balaban J connectivity index is 1.32. The Hall–Kier alpha value is -3.31. The Morgan fingerprint density at radius 3 is 2.00 bits per heavy atom. The molecule has 39 heavy (non-hydrogen) atoms. The van der Waals surface area contributed by atoms with Crippen molar-refractivity contribution in [2.45, 2.75) is 35.7 Å². The zero-order chi connectivity index (χ0) is 28.0. The zero-order valence-corrected chi connectivity index (χ0v) is 23.7. The predicted octanol–water partition coefficient (Wildman–Crippen LogP) is 3.84. The van der Waals surface area contributed by atoms with Gasteiger partial charge in [-0.3, -0.25) is 9.69 Å². The summed E-state index contributed by atoms with van der Waals surface area (Å²) in [4.78, 5) is 16.8. The molecule has 10 heteroatoms. The SMILES string of the molecule is CN(C(=O)C=Cc1ccc(S(C)(=O)=O)cc1)c1ccc(S(=O)(=O)NCc2ccc(CN3CCCC3)cc2)cc1. The Labute approximate surface area is 230 Å². The summed E-state index contributed by atoms with van der Waals surface area (Å²) in [5, 5.41) is 0. The van der Waals surface area contributed by atoms with Gasteiger partial charge in [0.25, 0.3) is 5.91 Å². The molecule has 3 aromatic rings. The van der Waals surface area contributed by atoms with Crippen LogP contribution in [0.3, 0.4) is 0 Å². The van der Waals surface area contributed by atoms with Crippen LogP contribution in [0.15, 0.2) is 88.7 Å². The van der Waals surface area contributed by atoms with Gasteiger partial charge in [-0.05, 0) is 85.1 Å². The number of carbonyl (C=O) groups is 1. The van der Waals surface area contributed by atoms with Crippen LogP contribution >= 0.6 is 0 Å². The molecule has 8 nitrogen and oxygen atoms in total. The maximum atomic E-state index is 12.8. The van der Waals surface area contributed by atoms with Crippen LogP contribution in [-0.4, -0.2) is 54.0 Å². The number of likely N-dealkylation sites (tertiary alicyclic amines) is 1. The van der Waals surface area contributed by atoms with Gasteiger partial charge in [0.1, 0.15) is 0 Å². The molecule has 0 unspecified atom stereocenters. The summed E-state index contributed by atoms with van der Waals surface area (Å²) in [6.07, 6.45) is 6.59. The van der Waals surface area contributed by atoms with Crippen LogP contribution in [0.25, 0.3) is 6.08 Å². The number of likely N-dealkylation sites (N-methyl/N-ethyl adjacent to an activating group) is 1. The van der Waals surface area contributed by atoms with Crippen LogP contribution in [0.2, 0.25) is 0 Å². The van der Waals surface area contributed by atoms with Gasteiger partial charge >= 0.3 is 0 Å². The van der Waals surface area contributed by atoms with Gasteiger partial charge in [0.05, 0.1) is 9.79 Å². The van der Waals surface area contributed by atoms with Crippen molar-refractivity contribution in [1.29, 1.82) is 0 Å². The molecule has 0 atom stereocenters. The summed E-state index contributed by atoms with van der Waals surface area (Å²) in [6.45, 7) is 3.36. The zero-order valence-electron chi connectivity index (χ0n) is 22.1. The molecule has 1 fully saturated rings. The average Bonchev–Trinajstić information content (AvgIpc) is 3.44. The number of hydrogen-bond donors (Lipinski definition) is 1. The highest BCUT2D eigenvalue weighted by atomic mass is 32.2. The van der Waals surface area contributed by atoms with Crippen LogP contribution in [0.5, 0.6) is 0 Å². The molecule has 0 aliphatic carbocycles. The Kier molecular flexibility index (Phi) is 9.01. The highest BCUT2D eigenvalue weighted by Crippen LogP contribution is 2.19. The number of sulfonamides is 1. The van der Waals surface area contributed by atoms with E-state index in [1.807, 2.05) is 24.3 Å². The Morgan fingerprint density at radius 1 is 0.846 bits per heavy atom. The number of nitrogens with one attached hydrogen (secondary N) is 1. The van der Waals surface area contributed by atoms with Gasteiger partial charge < -0.3 is 4.90 Å². The van der Waals surface area contributed by atoms with Crippen molar-refractivity contribution < 1.29 is 21.6 Å². The minimum absolute atomic E-state index is 0.110. The van der Waals surface area contributed by atoms with Crippen LogP contribution in [0, 0.1) is 0 Å². The first-order valence-corrected chi connectivity index (χ1v) is 16.0. The number of anilines is 1. The number of amides is 1. The van der Waals surface area contributed by atoms with E-state index in [9.17, 15) is 21.6 Å². The lowest BCUT2D eigenvalue weighted by atomic mass is 10.1. The first-order valence-electron chi connectivity index (χ1n) is 12.7. The molecule has 0 bridgehead atoms. The van der Waals surface area contributed by atoms with Gasteiger partial charge in [-0.2, -0.15) is 0 Å². The minimum atomic E-state index is -3.73. The number of sulfone groups is 1. The third-order valence-corrected chi connectivity index (χ3v) is 9.23. The van der Waals surface area contributed by atoms with Crippen LogP contribution < -0.4 is 9.62 Å². The van der Waals surface area contributed by atoms with Crippen molar-refractivity contribution in [2.75, 3.05) is 31.3 Å². The van der Waals surface area contributed by atoms with E-state index in [4.69, 9.17) is 0 Å². The fraction of sp³-hybridized carbons (Fsp3) is 0.276. The van der Waals surface area contributed by atoms with E-state index in [0.717, 1.165) is 31.5 Å². The van der Waals surface area contributed by atoms with Gasteiger partial charge in [0.15, 0.2) is 9.84 Å². The largest absolute Gasteiger partial charge is 0.312 e. The van der Waals surface area contributed by atoms with E-state index < -0.39 is 19.9 Å². The Morgan fingerprint density at radius 2 is 1.41 bits per heavy atom. The molecule has 1 aliphatic heterocycles. The van der Waals surface area contributed by atoms with Gasteiger partial charge in [-0.15, -0.1) is 0 Å². The van der Waals surface area contributed by atoms with Crippen molar-refractivity contribution in [3.05, 3.63) is 95.6 Å². The lowest BCUT2D eigenvalue weighted by molar-refractivity contribution is -0.113. The number of benzene rings is 3. The van der Waals surface area contributed by atoms with Gasteiger partial charge in [0.2, 0.25) is 10.0 Å². The van der Waals surface area contributed by atoms with Crippen molar-refractivity contribution in [3.8, 4) is 0 Å². The molecule has 0 aromatic heterocycles. The molecule has 1 amide bonds. The average molecular weight is 568 g/mol. The second kappa shape index (κ2) is 12.3. The summed E-state index contributed by atoms with van der Waals surface area (Å²) in [5.41, 5.74) is 3.31. The second-order valence-electron chi connectivity index (χ2n) is 9.69.